The summed E-state index contributed by atoms with van der Waals surface area (Å²) in [5.74, 6) is 5.51. The molecule has 0 aliphatic rings. The highest BCUT2D eigenvalue weighted by molar-refractivity contribution is 9.10. The normalized spacial score (nSPS) is 13.5. The second kappa shape index (κ2) is 5.80. The highest BCUT2D eigenvalue weighted by Crippen LogP contribution is 2.37. The van der Waals surface area contributed by atoms with Crippen LogP contribution in [0.2, 0.25) is 0 Å². The fourth-order valence-corrected chi connectivity index (χ4v) is 3.06. The van der Waals surface area contributed by atoms with Gasteiger partial charge in [-0.15, -0.1) is 11.3 Å². The molecule has 0 aliphatic carbocycles. The Hall–Kier alpha value is -0.960. The predicted molar refractivity (Wildman–Crippen MR) is 75.2 cm³/mol. The van der Waals surface area contributed by atoms with E-state index in [1.54, 1.807) is 0 Å². The Balaban J connectivity index is 2.43. The summed E-state index contributed by atoms with van der Waals surface area (Å²) in [7, 11) is 0. The zero-order valence-electron chi connectivity index (χ0n) is 10.3. The first kappa shape index (κ1) is 15.4. The summed E-state index contributed by atoms with van der Waals surface area (Å²) < 4.78 is 38.7. The standard InChI is InChI=1S/C12H11BrF3N3S/c1-6-7(3-2-4-8(6)13)10(19-17)9-5-18-11(20-9)12(14,15)16/h2-5,10,19H,17H2,1H3. The summed E-state index contributed by atoms with van der Waals surface area (Å²) in [4.78, 5) is 3.84. The molecule has 1 aromatic heterocycles. The number of nitrogens with one attached hydrogen (secondary N) is 1. The van der Waals surface area contributed by atoms with Crippen molar-refractivity contribution in [3.8, 4) is 0 Å². The van der Waals surface area contributed by atoms with Crippen LogP contribution in [0.5, 0.6) is 0 Å². The first-order valence-electron chi connectivity index (χ1n) is 5.58. The number of hydrazine groups is 1. The van der Waals surface area contributed by atoms with E-state index in [0.29, 0.717) is 16.2 Å². The minimum atomic E-state index is -4.44. The molecule has 8 heteroatoms. The summed E-state index contributed by atoms with van der Waals surface area (Å²) in [6.07, 6.45) is -3.23. The molecule has 1 unspecified atom stereocenters. The van der Waals surface area contributed by atoms with E-state index in [0.717, 1.165) is 15.6 Å². The number of hydrogen-bond donors (Lipinski definition) is 2. The molecule has 2 aromatic rings. The van der Waals surface area contributed by atoms with Gasteiger partial charge in [0.2, 0.25) is 0 Å². The van der Waals surface area contributed by atoms with Gasteiger partial charge in [-0.25, -0.2) is 10.4 Å². The lowest BCUT2D eigenvalue weighted by Gasteiger charge is -2.17. The quantitative estimate of drug-likeness (QED) is 0.642. The Bertz CT molecular complexity index is 612. The Labute approximate surface area is 126 Å². The maximum absolute atomic E-state index is 12.6. The molecule has 20 heavy (non-hydrogen) atoms. The molecule has 0 saturated heterocycles. The van der Waals surface area contributed by atoms with E-state index in [4.69, 9.17) is 5.84 Å². The van der Waals surface area contributed by atoms with E-state index in [-0.39, 0.29) is 0 Å². The second-order valence-corrected chi connectivity index (χ2v) is 6.04. The largest absolute Gasteiger partial charge is 0.443 e. The SMILES string of the molecule is Cc1c(Br)cccc1C(NN)c1cnc(C(F)(F)F)s1. The van der Waals surface area contributed by atoms with E-state index in [2.05, 4.69) is 26.3 Å². The van der Waals surface area contributed by atoms with Crippen molar-refractivity contribution >= 4 is 27.3 Å². The highest BCUT2D eigenvalue weighted by Gasteiger charge is 2.35. The third-order valence-electron chi connectivity index (χ3n) is 2.84. The van der Waals surface area contributed by atoms with Crippen LogP contribution >= 0.6 is 27.3 Å². The van der Waals surface area contributed by atoms with Gasteiger partial charge in [0.1, 0.15) is 0 Å². The molecule has 3 nitrogen and oxygen atoms in total. The monoisotopic (exact) mass is 365 g/mol. The summed E-state index contributed by atoms with van der Waals surface area (Å²) in [6.45, 7) is 1.87. The average Bonchev–Trinajstić information content (AvgIpc) is 2.85. The van der Waals surface area contributed by atoms with Gasteiger partial charge in [0.25, 0.3) is 0 Å². The molecule has 0 fully saturated rings. The number of nitrogens with two attached hydrogens (primary N) is 1. The van der Waals surface area contributed by atoms with E-state index in [1.165, 1.54) is 6.20 Å². The van der Waals surface area contributed by atoms with E-state index in [9.17, 15) is 13.2 Å². The van der Waals surface area contributed by atoms with Crippen LogP contribution in [-0.4, -0.2) is 4.98 Å². The lowest BCUT2D eigenvalue weighted by Crippen LogP contribution is -2.28. The fraction of sp³-hybridized carbons (Fsp3) is 0.250. The maximum atomic E-state index is 12.6. The third-order valence-corrected chi connectivity index (χ3v) is 4.80. The third kappa shape index (κ3) is 3.03. The molecule has 1 aromatic carbocycles. The first-order valence-corrected chi connectivity index (χ1v) is 7.19. The Morgan fingerprint density at radius 1 is 1.40 bits per heavy atom. The van der Waals surface area contributed by atoms with Crippen molar-refractivity contribution in [2.75, 3.05) is 0 Å². The zero-order chi connectivity index (χ0) is 14.9. The first-order chi connectivity index (χ1) is 9.34. The van der Waals surface area contributed by atoms with Crippen molar-refractivity contribution in [1.82, 2.24) is 10.4 Å². The lowest BCUT2D eigenvalue weighted by atomic mass is 10.0. The molecular weight excluding hydrogens is 355 g/mol. The Morgan fingerprint density at radius 2 is 2.10 bits per heavy atom. The van der Waals surface area contributed by atoms with Gasteiger partial charge in [0.15, 0.2) is 5.01 Å². The molecule has 0 bridgehead atoms. The van der Waals surface area contributed by atoms with Crippen molar-refractivity contribution in [2.24, 2.45) is 5.84 Å². The van der Waals surface area contributed by atoms with Crippen LogP contribution in [0.3, 0.4) is 0 Å². The summed E-state index contributed by atoms with van der Waals surface area (Å²) in [5.41, 5.74) is 4.27. The van der Waals surface area contributed by atoms with Gasteiger partial charge in [0, 0.05) is 15.5 Å². The van der Waals surface area contributed by atoms with Crippen LogP contribution in [0.25, 0.3) is 0 Å². The van der Waals surface area contributed by atoms with Crippen LogP contribution in [0.15, 0.2) is 28.9 Å². The number of thiazole rings is 1. The summed E-state index contributed by atoms with van der Waals surface area (Å²) in [6, 6.07) is 4.96. The Morgan fingerprint density at radius 3 is 2.65 bits per heavy atom. The molecular formula is C12H11BrF3N3S. The molecule has 1 atom stereocenters. The number of alkyl halides is 3. The molecule has 1 heterocycles. The number of aromatic nitrogens is 1. The molecule has 2 rings (SSSR count). The van der Waals surface area contributed by atoms with Crippen LogP contribution in [0.1, 0.15) is 27.1 Å². The van der Waals surface area contributed by atoms with Crippen LogP contribution in [0.4, 0.5) is 13.2 Å². The highest BCUT2D eigenvalue weighted by atomic mass is 79.9. The molecule has 3 N–H and O–H groups in total. The van der Waals surface area contributed by atoms with Gasteiger partial charge >= 0.3 is 6.18 Å². The molecule has 0 aliphatic heterocycles. The minimum Gasteiger partial charge on any atom is -0.271 e. The summed E-state index contributed by atoms with van der Waals surface area (Å²) in [5, 5.41) is -0.875. The second-order valence-electron chi connectivity index (χ2n) is 4.12. The number of rotatable bonds is 3. The molecule has 0 radical (unpaired) electrons. The molecule has 108 valence electrons. The smallest absolute Gasteiger partial charge is 0.271 e. The molecule has 0 amide bonds. The molecule has 0 spiro atoms. The minimum absolute atomic E-state index is 0.418. The Kier molecular flexibility index (Phi) is 4.48. The van der Waals surface area contributed by atoms with Crippen molar-refractivity contribution in [1.29, 1.82) is 0 Å². The topological polar surface area (TPSA) is 50.9 Å². The van der Waals surface area contributed by atoms with Gasteiger partial charge in [-0.3, -0.25) is 5.84 Å². The molecule has 0 saturated carbocycles. The predicted octanol–water partition coefficient (Wildman–Crippen LogP) is 3.79. The van der Waals surface area contributed by atoms with Crippen molar-refractivity contribution in [2.45, 2.75) is 19.1 Å². The number of benzene rings is 1. The fourth-order valence-electron chi connectivity index (χ4n) is 1.81. The van der Waals surface area contributed by atoms with Crippen molar-refractivity contribution < 1.29 is 13.2 Å². The zero-order valence-corrected chi connectivity index (χ0v) is 12.7. The van der Waals surface area contributed by atoms with Crippen LogP contribution in [0, 0.1) is 6.92 Å². The number of hydrogen-bond acceptors (Lipinski definition) is 4. The van der Waals surface area contributed by atoms with Crippen molar-refractivity contribution in [3.05, 3.63) is 49.9 Å². The van der Waals surface area contributed by atoms with Gasteiger partial charge in [-0.2, -0.15) is 13.2 Å². The van der Waals surface area contributed by atoms with Gasteiger partial charge in [-0.1, -0.05) is 28.1 Å². The average molecular weight is 366 g/mol. The maximum Gasteiger partial charge on any atom is 0.443 e. The van der Waals surface area contributed by atoms with E-state index in [1.807, 2.05) is 25.1 Å². The van der Waals surface area contributed by atoms with Crippen LogP contribution in [-0.2, 0) is 6.18 Å². The van der Waals surface area contributed by atoms with Crippen LogP contribution < -0.4 is 11.3 Å². The van der Waals surface area contributed by atoms with Crippen molar-refractivity contribution in [3.63, 3.8) is 0 Å². The van der Waals surface area contributed by atoms with Gasteiger partial charge < -0.3 is 0 Å². The lowest BCUT2D eigenvalue weighted by molar-refractivity contribution is -0.137. The van der Waals surface area contributed by atoms with Gasteiger partial charge in [0.05, 0.1) is 6.04 Å². The van der Waals surface area contributed by atoms with E-state index >= 15 is 0 Å². The number of nitrogens with zero attached hydrogens (tertiary/aromatic N) is 1. The van der Waals surface area contributed by atoms with E-state index < -0.39 is 17.2 Å². The number of halogens is 4. The van der Waals surface area contributed by atoms with Gasteiger partial charge in [-0.05, 0) is 24.1 Å². The summed E-state index contributed by atoms with van der Waals surface area (Å²) >= 11 is 3.98.